The molecular weight excluding hydrogens is 256 g/mol. The van der Waals surface area contributed by atoms with Crippen LogP contribution in [0.2, 0.25) is 0 Å². The van der Waals surface area contributed by atoms with Crippen molar-refractivity contribution in [2.24, 2.45) is 0 Å². The first-order chi connectivity index (χ1) is 9.75. The fourth-order valence-electron chi connectivity index (χ4n) is 2.37. The van der Waals surface area contributed by atoms with Gasteiger partial charge >= 0.3 is 0 Å². The number of carbonyl (C=O) groups excluding carboxylic acids is 1. The van der Waals surface area contributed by atoms with E-state index in [1.807, 2.05) is 29.2 Å². The van der Waals surface area contributed by atoms with Gasteiger partial charge < -0.3 is 10.2 Å². The number of rotatable bonds is 2. The van der Waals surface area contributed by atoms with Crippen LogP contribution in [0.15, 0.2) is 30.6 Å². The van der Waals surface area contributed by atoms with E-state index in [2.05, 4.69) is 27.8 Å². The summed E-state index contributed by atoms with van der Waals surface area (Å²) in [7, 11) is 0. The Kier molecular flexibility index (Phi) is 3.42. The Morgan fingerprint density at radius 1 is 1.45 bits per heavy atom. The highest BCUT2D eigenvalue weighted by atomic mass is 16.2. The lowest BCUT2D eigenvalue weighted by molar-refractivity contribution is 0.0655. The molecule has 104 valence electrons. The molecular formula is C13H16N6O. The highest BCUT2D eigenvalue weighted by molar-refractivity contribution is 5.95. The van der Waals surface area contributed by atoms with Gasteiger partial charge in [0.15, 0.2) is 0 Å². The molecule has 2 heterocycles. The van der Waals surface area contributed by atoms with Crippen LogP contribution >= 0.6 is 0 Å². The molecule has 0 bridgehead atoms. The van der Waals surface area contributed by atoms with Gasteiger partial charge in [-0.25, -0.2) is 4.68 Å². The van der Waals surface area contributed by atoms with E-state index in [1.54, 1.807) is 0 Å². The van der Waals surface area contributed by atoms with Crippen molar-refractivity contribution in [2.75, 3.05) is 19.6 Å². The van der Waals surface area contributed by atoms with Crippen molar-refractivity contribution in [3.63, 3.8) is 0 Å². The average Bonchev–Trinajstić information content (AvgIpc) is 3.01. The number of hydrogen-bond donors (Lipinski definition) is 1. The van der Waals surface area contributed by atoms with Gasteiger partial charge in [0, 0.05) is 31.2 Å². The highest BCUT2D eigenvalue weighted by Gasteiger charge is 2.24. The molecule has 7 nitrogen and oxygen atoms in total. The lowest BCUT2D eigenvalue weighted by atomic mass is 10.1. The van der Waals surface area contributed by atoms with Crippen molar-refractivity contribution in [1.29, 1.82) is 0 Å². The van der Waals surface area contributed by atoms with Crippen molar-refractivity contribution in [3.8, 4) is 5.69 Å². The second kappa shape index (κ2) is 5.38. The molecule has 0 unspecified atom stereocenters. The second-order valence-corrected chi connectivity index (χ2v) is 4.86. The molecule has 7 heteroatoms. The summed E-state index contributed by atoms with van der Waals surface area (Å²) >= 11 is 0. The highest BCUT2D eigenvalue weighted by Crippen LogP contribution is 2.14. The van der Waals surface area contributed by atoms with Gasteiger partial charge in [-0.15, -0.1) is 5.10 Å². The van der Waals surface area contributed by atoms with Crippen LogP contribution in [-0.2, 0) is 0 Å². The maximum Gasteiger partial charge on any atom is 0.254 e. The molecule has 0 saturated carbocycles. The molecule has 1 aliphatic rings. The first-order valence-electron chi connectivity index (χ1n) is 6.61. The topological polar surface area (TPSA) is 75.9 Å². The molecule has 20 heavy (non-hydrogen) atoms. The molecule has 1 amide bonds. The third-order valence-corrected chi connectivity index (χ3v) is 3.47. The van der Waals surface area contributed by atoms with Crippen LogP contribution in [0.25, 0.3) is 5.69 Å². The molecule has 0 spiro atoms. The lowest BCUT2D eigenvalue weighted by Gasteiger charge is -2.34. The number of tetrazole rings is 1. The SMILES string of the molecule is C[C@H]1CNCCN1C(=O)c1cccc(-n2cnnn2)c1. The van der Waals surface area contributed by atoms with Gasteiger partial charge in [-0.2, -0.15) is 0 Å². The van der Waals surface area contributed by atoms with Crippen LogP contribution in [0, 0.1) is 0 Å². The summed E-state index contributed by atoms with van der Waals surface area (Å²) in [6, 6.07) is 7.55. The summed E-state index contributed by atoms with van der Waals surface area (Å²) < 4.78 is 1.54. The first kappa shape index (κ1) is 12.7. The van der Waals surface area contributed by atoms with E-state index in [0.717, 1.165) is 25.3 Å². The minimum absolute atomic E-state index is 0.0499. The summed E-state index contributed by atoms with van der Waals surface area (Å²) in [5, 5.41) is 14.3. The van der Waals surface area contributed by atoms with E-state index < -0.39 is 0 Å². The van der Waals surface area contributed by atoms with E-state index in [1.165, 1.54) is 11.0 Å². The second-order valence-electron chi connectivity index (χ2n) is 4.86. The molecule has 1 fully saturated rings. The van der Waals surface area contributed by atoms with Gasteiger partial charge in [0.2, 0.25) is 0 Å². The summed E-state index contributed by atoms with van der Waals surface area (Å²) in [5.41, 5.74) is 1.44. The van der Waals surface area contributed by atoms with E-state index >= 15 is 0 Å². The Morgan fingerprint density at radius 2 is 2.35 bits per heavy atom. The average molecular weight is 272 g/mol. The number of aromatic nitrogens is 4. The van der Waals surface area contributed by atoms with E-state index in [0.29, 0.717) is 5.56 Å². The number of benzene rings is 1. The quantitative estimate of drug-likeness (QED) is 0.839. The number of carbonyl (C=O) groups is 1. The smallest absolute Gasteiger partial charge is 0.254 e. The number of piperazine rings is 1. The van der Waals surface area contributed by atoms with Crippen LogP contribution in [-0.4, -0.2) is 56.7 Å². The Morgan fingerprint density at radius 3 is 3.10 bits per heavy atom. The van der Waals surface area contributed by atoms with Crippen LogP contribution in [0.3, 0.4) is 0 Å². The summed E-state index contributed by atoms with van der Waals surface area (Å²) in [4.78, 5) is 14.5. The maximum atomic E-state index is 12.6. The molecule has 1 N–H and O–H groups in total. The molecule has 3 rings (SSSR count). The minimum atomic E-state index is 0.0499. The van der Waals surface area contributed by atoms with Crippen LogP contribution in [0.1, 0.15) is 17.3 Å². The normalized spacial score (nSPS) is 19.1. The molecule has 1 aromatic heterocycles. The van der Waals surface area contributed by atoms with E-state index in [9.17, 15) is 4.79 Å². The fraction of sp³-hybridized carbons (Fsp3) is 0.385. The minimum Gasteiger partial charge on any atom is -0.333 e. The van der Waals surface area contributed by atoms with Crippen molar-refractivity contribution >= 4 is 5.91 Å². The number of hydrogen-bond acceptors (Lipinski definition) is 5. The summed E-state index contributed by atoms with van der Waals surface area (Å²) in [5.74, 6) is 0.0499. The fourth-order valence-corrected chi connectivity index (χ4v) is 2.37. The van der Waals surface area contributed by atoms with Crippen LogP contribution < -0.4 is 5.32 Å². The largest absolute Gasteiger partial charge is 0.333 e. The predicted octanol–water partition coefficient (Wildman–Crippen LogP) is 0.0962. The zero-order valence-electron chi connectivity index (χ0n) is 11.2. The molecule has 1 atom stereocenters. The number of nitrogens with zero attached hydrogens (tertiary/aromatic N) is 5. The first-order valence-corrected chi connectivity index (χ1v) is 6.61. The third-order valence-electron chi connectivity index (χ3n) is 3.47. The molecule has 1 aromatic carbocycles. The Bertz CT molecular complexity index is 597. The molecule has 0 aliphatic carbocycles. The molecule has 2 aromatic rings. The van der Waals surface area contributed by atoms with Crippen molar-refractivity contribution in [3.05, 3.63) is 36.2 Å². The van der Waals surface area contributed by atoms with Gasteiger partial charge in [0.1, 0.15) is 6.33 Å². The van der Waals surface area contributed by atoms with Gasteiger partial charge in [0.25, 0.3) is 5.91 Å². The van der Waals surface area contributed by atoms with Crippen molar-refractivity contribution < 1.29 is 4.79 Å². The number of nitrogens with one attached hydrogen (secondary N) is 1. The maximum absolute atomic E-state index is 12.6. The summed E-state index contributed by atoms with van der Waals surface area (Å²) in [6.45, 7) is 4.45. The third kappa shape index (κ3) is 2.39. The molecule has 0 radical (unpaired) electrons. The Labute approximate surface area is 116 Å². The standard InChI is InChI=1S/C13H16N6O/c1-10-8-14-5-6-18(10)13(20)11-3-2-4-12(7-11)19-9-15-16-17-19/h2-4,7,9-10,14H,5-6,8H2,1H3/t10-/m0/s1. The number of amides is 1. The Balaban J connectivity index is 1.86. The zero-order valence-corrected chi connectivity index (χ0v) is 11.2. The van der Waals surface area contributed by atoms with Crippen molar-refractivity contribution in [2.45, 2.75) is 13.0 Å². The van der Waals surface area contributed by atoms with E-state index in [-0.39, 0.29) is 11.9 Å². The lowest BCUT2D eigenvalue weighted by Crippen LogP contribution is -2.52. The van der Waals surface area contributed by atoms with Gasteiger partial charge in [-0.1, -0.05) is 6.07 Å². The van der Waals surface area contributed by atoms with Crippen LogP contribution in [0.4, 0.5) is 0 Å². The van der Waals surface area contributed by atoms with Gasteiger partial charge in [-0.3, -0.25) is 4.79 Å². The molecule has 1 saturated heterocycles. The van der Waals surface area contributed by atoms with Crippen molar-refractivity contribution in [1.82, 2.24) is 30.4 Å². The van der Waals surface area contributed by atoms with Crippen LogP contribution in [0.5, 0.6) is 0 Å². The monoisotopic (exact) mass is 272 g/mol. The van der Waals surface area contributed by atoms with Gasteiger partial charge in [-0.05, 0) is 35.5 Å². The Hall–Kier alpha value is -2.28. The zero-order chi connectivity index (χ0) is 13.9. The summed E-state index contributed by atoms with van der Waals surface area (Å²) in [6.07, 6.45) is 1.51. The molecule has 1 aliphatic heterocycles. The predicted molar refractivity (Wildman–Crippen MR) is 72.5 cm³/mol. The van der Waals surface area contributed by atoms with Gasteiger partial charge in [0.05, 0.1) is 5.69 Å². The van der Waals surface area contributed by atoms with E-state index in [4.69, 9.17) is 0 Å².